The minimum atomic E-state index is -1.19. The number of rotatable bonds is 2. The summed E-state index contributed by atoms with van der Waals surface area (Å²) in [4.78, 5) is 32.6. The molecule has 1 aliphatic rings. The third-order valence-electron chi connectivity index (χ3n) is 2.80. The van der Waals surface area contributed by atoms with Gasteiger partial charge >= 0.3 is 5.97 Å². The second-order valence-corrected chi connectivity index (χ2v) is 3.94. The highest BCUT2D eigenvalue weighted by molar-refractivity contribution is 6.13. The van der Waals surface area contributed by atoms with Crippen molar-refractivity contribution < 1.29 is 19.6 Å². The molecule has 0 saturated heterocycles. The topological polar surface area (TPSA) is 97.5 Å². The maximum atomic E-state index is 12.0. The molecule has 1 N–H and O–H groups in total. The fraction of sp³-hybridized carbons (Fsp3) is 0.167. The molecule has 0 fully saturated rings. The van der Waals surface area contributed by atoms with E-state index in [2.05, 4.69) is 0 Å². The van der Waals surface area contributed by atoms with Crippen molar-refractivity contribution in [1.29, 1.82) is 0 Å². The zero-order valence-corrected chi connectivity index (χ0v) is 9.25. The van der Waals surface area contributed by atoms with E-state index < -0.39 is 16.7 Å². The second-order valence-electron chi connectivity index (χ2n) is 3.94. The molecule has 0 bridgehead atoms. The van der Waals surface area contributed by atoms with Gasteiger partial charge in [-0.3, -0.25) is 14.9 Å². The van der Waals surface area contributed by atoms with Crippen molar-refractivity contribution >= 4 is 17.4 Å². The molecule has 0 aromatic heterocycles. The Balaban J connectivity index is 2.47. The molecule has 0 amide bonds. The lowest BCUT2D eigenvalue weighted by Gasteiger charge is -2.16. The standard InChI is InChI=1S/C12H9NO5/c14-11(15)5-8-2-1-7-3-4-9(13(17)18)6-10(7)12(8)16/h3-6H,1-2H2,(H,14,15)/b8-5+. The first-order valence-corrected chi connectivity index (χ1v) is 5.24. The average Bonchev–Trinajstić information content (AvgIpc) is 2.32. The van der Waals surface area contributed by atoms with Crippen molar-refractivity contribution in [3.63, 3.8) is 0 Å². The van der Waals surface area contributed by atoms with E-state index in [-0.39, 0.29) is 16.8 Å². The smallest absolute Gasteiger partial charge is 0.328 e. The maximum absolute atomic E-state index is 12.0. The number of nitrogens with zero attached hydrogens (tertiary/aromatic N) is 1. The highest BCUT2D eigenvalue weighted by atomic mass is 16.6. The van der Waals surface area contributed by atoms with Crippen LogP contribution in [0.3, 0.4) is 0 Å². The van der Waals surface area contributed by atoms with Gasteiger partial charge in [-0.1, -0.05) is 6.07 Å². The molecule has 1 aliphatic carbocycles. The fourth-order valence-corrected chi connectivity index (χ4v) is 1.95. The zero-order valence-electron chi connectivity index (χ0n) is 9.25. The van der Waals surface area contributed by atoms with Gasteiger partial charge in [-0.25, -0.2) is 4.79 Å². The van der Waals surface area contributed by atoms with Gasteiger partial charge in [0.05, 0.1) is 4.92 Å². The maximum Gasteiger partial charge on any atom is 0.328 e. The summed E-state index contributed by atoms with van der Waals surface area (Å²) in [5.41, 5.74) is 0.949. The first kappa shape index (κ1) is 12.0. The Kier molecular flexibility index (Phi) is 2.93. The lowest BCUT2D eigenvalue weighted by molar-refractivity contribution is -0.384. The molecule has 1 aromatic rings. The molecule has 2 rings (SSSR count). The summed E-state index contributed by atoms with van der Waals surface area (Å²) in [6, 6.07) is 4.09. The van der Waals surface area contributed by atoms with E-state index in [9.17, 15) is 19.7 Å². The number of carboxylic acids is 1. The van der Waals surface area contributed by atoms with Crippen molar-refractivity contribution in [1.82, 2.24) is 0 Å². The number of carboxylic acid groups (broad SMARTS) is 1. The van der Waals surface area contributed by atoms with E-state index in [0.717, 1.165) is 6.08 Å². The van der Waals surface area contributed by atoms with E-state index >= 15 is 0 Å². The molecule has 92 valence electrons. The molecule has 0 radical (unpaired) electrons. The number of allylic oxidation sites excluding steroid dienone is 1. The number of hydrogen-bond acceptors (Lipinski definition) is 4. The Hall–Kier alpha value is -2.50. The molecule has 0 unspecified atom stereocenters. The molecule has 0 spiro atoms. The number of aryl methyl sites for hydroxylation is 1. The highest BCUT2D eigenvalue weighted by Crippen LogP contribution is 2.28. The zero-order chi connectivity index (χ0) is 13.3. The van der Waals surface area contributed by atoms with Crippen molar-refractivity contribution in [2.45, 2.75) is 12.8 Å². The summed E-state index contributed by atoms with van der Waals surface area (Å²) in [6.07, 6.45) is 1.72. The van der Waals surface area contributed by atoms with Gasteiger partial charge in [-0.2, -0.15) is 0 Å². The van der Waals surface area contributed by atoms with Gasteiger partial charge in [0, 0.05) is 29.3 Å². The van der Waals surface area contributed by atoms with E-state index in [1.807, 2.05) is 0 Å². The van der Waals surface area contributed by atoms with Crippen molar-refractivity contribution in [2.24, 2.45) is 0 Å². The monoisotopic (exact) mass is 247 g/mol. The quantitative estimate of drug-likeness (QED) is 0.487. The molecular weight excluding hydrogens is 238 g/mol. The van der Waals surface area contributed by atoms with Crippen LogP contribution in [0.15, 0.2) is 29.8 Å². The van der Waals surface area contributed by atoms with E-state index in [1.54, 1.807) is 6.07 Å². The van der Waals surface area contributed by atoms with Crippen LogP contribution in [-0.4, -0.2) is 21.8 Å². The summed E-state index contributed by atoms with van der Waals surface area (Å²) in [7, 11) is 0. The molecule has 18 heavy (non-hydrogen) atoms. The molecule has 1 aromatic carbocycles. The third kappa shape index (κ3) is 2.13. The van der Waals surface area contributed by atoms with Gasteiger partial charge in [0.25, 0.3) is 5.69 Å². The minimum Gasteiger partial charge on any atom is -0.478 e. The van der Waals surface area contributed by atoms with Crippen LogP contribution >= 0.6 is 0 Å². The summed E-state index contributed by atoms with van der Waals surface area (Å²) in [6.45, 7) is 0. The lowest BCUT2D eigenvalue weighted by atomic mass is 9.86. The number of carbonyl (C=O) groups excluding carboxylic acids is 1. The summed E-state index contributed by atoms with van der Waals surface area (Å²) < 4.78 is 0. The van der Waals surface area contributed by atoms with Gasteiger partial charge in [0.1, 0.15) is 0 Å². The van der Waals surface area contributed by atoms with E-state index in [1.165, 1.54) is 12.1 Å². The number of hydrogen-bond donors (Lipinski definition) is 1. The number of ketones is 1. The largest absolute Gasteiger partial charge is 0.478 e. The van der Waals surface area contributed by atoms with E-state index in [0.29, 0.717) is 18.4 Å². The van der Waals surface area contributed by atoms with Crippen LogP contribution in [0.4, 0.5) is 5.69 Å². The summed E-state index contributed by atoms with van der Waals surface area (Å²) in [5.74, 6) is -1.63. The Morgan fingerprint density at radius 3 is 2.72 bits per heavy atom. The fourth-order valence-electron chi connectivity index (χ4n) is 1.95. The Morgan fingerprint density at radius 2 is 2.11 bits per heavy atom. The molecule has 6 nitrogen and oxygen atoms in total. The van der Waals surface area contributed by atoms with Gasteiger partial charge < -0.3 is 5.11 Å². The first-order chi connectivity index (χ1) is 8.49. The number of non-ortho nitro benzene ring substituents is 1. The number of aliphatic carboxylic acids is 1. The van der Waals surface area contributed by atoms with Crippen LogP contribution in [0.1, 0.15) is 22.3 Å². The van der Waals surface area contributed by atoms with Crippen LogP contribution in [0.25, 0.3) is 0 Å². The van der Waals surface area contributed by atoms with Crippen LogP contribution < -0.4 is 0 Å². The normalized spacial score (nSPS) is 16.4. The van der Waals surface area contributed by atoms with Gasteiger partial charge in [0.15, 0.2) is 5.78 Å². The molecule has 0 heterocycles. The number of nitro groups is 1. The Morgan fingerprint density at radius 1 is 1.39 bits per heavy atom. The molecule has 0 atom stereocenters. The van der Waals surface area contributed by atoms with Gasteiger partial charge in [-0.05, 0) is 18.4 Å². The van der Waals surface area contributed by atoms with Gasteiger partial charge in [0.2, 0.25) is 0 Å². The first-order valence-electron chi connectivity index (χ1n) is 5.24. The summed E-state index contributed by atoms with van der Waals surface area (Å²) >= 11 is 0. The minimum absolute atomic E-state index is 0.168. The molecule has 6 heteroatoms. The lowest BCUT2D eigenvalue weighted by Crippen LogP contribution is -2.15. The molecule has 0 aliphatic heterocycles. The van der Waals surface area contributed by atoms with Gasteiger partial charge in [-0.15, -0.1) is 0 Å². The Labute approximate surface area is 102 Å². The SMILES string of the molecule is O=C(O)/C=C1\CCc2ccc([N+](=O)[O-])cc2C1=O. The average molecular weight is 247 g/mol. The predicted octanol–water partition coefficient (Wildman–Crippen LogP) is 1.73. The van der Waals surface area contributed by atoms with Crippen LogP contribution in [0.5, 0.6) is 0 Å². The number of benzene rings is 1. The van der Waals surface area contributed by atoms with Crippen LogP contribution in [0, 0.1) is 10.1 Å². The number of Topliss-reactive ketones (excluding diaryl/α,β-unsaturated/α-hetero) is 1. The number of fused-ring (bicyclic) bond motifs is 1. The summed E-state index contributed by atoms with van der Waals surface area (Å²) in [5, 5.41) is 19.3. The van der Waals surface area contributed by atoms with Crippen LogP contribution in [-0.2, 0) is 11.2 Å². The molecular formula is C12H9NO5. The molecule has 0 saturated carbocycles. The van der Waals surface area contributed by atoms with E-state index in [4.69, 9.17) is 5.11 Å². The third-order valence-corrected chi connectivity index (χ3v) is 2.80. The Bertz CT molecular complexity index is 588. The van der Waals surface area contributed by atoms with Crippen molar-refractivity contribution in [3.05, 3.63) is 51.1 Å². The highest BCUT2D eigenvalue weighted by Gasteiger charge is 2.24. The van der Waals surface area contributed by atoms with Crippen molar-refractivity contribution in [2.75, 3.05) is 0 Å². The number of carbonyl (C=O) groups is 2. The van der Waals surface area contributed by atoms with Crippen molar-refractivity contribution in [3.8, 4) is 0 Å². The number of nitro benzene ring substituents is 1. The predicted molar refractivity (Wildman–Crippen MR) is 61.5 cm³/mol. The second kappa shape index (κ2) is 4.40. The van der Waals surface area contributed by atoms with Crippen LogP contribution in [0.2, 0.25) is 0 Å².